The van der Waals surface area contributed by atoms with E-state index in [1.54, 1.807) is 10.9 Å². The topological polar surface area (TPSA) is 50.2 Å². The summed E-state index contributed by atoms with van der Waals surface area (Å²) in [7, 11) is 1.87. The van der Waals surface area contributed by atoms with Crippen molar-refractivity contribution in [2.24, 2.45) is 13.0 Å². The number of rotatable bonds is 4. The third-order valence-electron chi connectivity index (χ3n) is 4.31. The molecular formula is C15H26N4O. The molecule has 1 N–H and O–H groups in total. The zero-order chi connectivity index (χ0) is 14.7. The molecule has 5 heteroatoms. The van der Waals surface area contributed by atoms with Crippen LogP contribution in [0.15, 0.2) is 6.20 Å². The van der Waals surface area contributed by atoms with E-state index in [9.17, 15) is 4.79 Å². The normalized spacial score (nSPS) is 23.1. The van der Waals surface area contributed by atoms with Gasteiger partial charge in [-0.3, -0.25) is 9.48 Å². The number of carbonyl (C=O) groups is 1. The van der Waals surface area contributed by atoms with Gasteiger partial charge in [-0.25, -0.2) is 0 Å². The summed E-state index contributed by atoms with van der Waals surface area (Å²) in [6.07, 6.45) is 3.87. The van der Waals surface area contributed by atoms with Crippen LogP contribution in [0.3, 0.4) is 0 Å². The lowest BCUT2D eigenvalue weighted by molar-refractivity contribution is 0.0644. The van der Waals surface area contributed by atoms with Crippen LogP contribution in [0, 0.1) is 12.8 Å². The Morgan fingerprint density at radius 3 is 2.85 bits per heavy atom. The number of aryl methyl sites for hydroxylation is 1. The van der Waals surface area contributed by atoms with Crippen LogP contribution in [0.5, 0.6) is 0 Å². The number of aromatic nitrogens is 2. The number of likely N-dealkylation sites (tertiary alicyclic amines) is 1. The number of nitrogens with zero attached hydrogens (tertiary/aromatic N) is 3. The standard InChI is InChI=1S/C15H26N4O/c1-5-7-16-14-6-8-19(10-11(14)2)15(20)13-9-17-18(4)12(13)3/h9,11,14,16H,5-8,10H2,1-4H3. The molecule has 5 nitrogen and oxygen atoms in total. The Hall–Kier alpha value is -1.36. The van der Waals surface area contributed by atoms with Crippen LogP contribution >= 0.6 is 0 Å². The summed E-state index contributed by atoms with van der Waals surface area (Å²) in [6, 6.07) is 0.536. The van der Waals surface area contributed by atoms with Crippen molar-refractivity contribution in [2.45, 2.75) is 39.7 Å². The van der Waals surface area contributed by atoms with Gasteiger partial charge in [0, 0.05) is 31.9 Å². The summed E-state index contributed by atoms with van der Waals surface area (Å²) in [6.45, 7) is 9.07. The SMILES string of the molecule is CCCNC1CCN(C(=O)c2cnn(C)c2C)CC1C. The molecule has 0 spiro atoms. The second-order valence-corrected chi connectivity index (χ2v) is 5.85. The first-order valence-electron chi connectivity index (χ1n) is 7.55. The van der Waals surface area contributed by atoms with Crippen molar-refractivity contribution in [3.8, 4) is 0 Å². The van der Waals surface area contributed by atoms with Gasteiger partial charge in [-0.2, -0.15) is 5.10 Å². The van der Waals surface area contributed by atoms with Crippen molar-refractivity contribution in [2.75, 3.05) is 19.6 Å². The molecule has 1 amide bonds. The molecule has 0 saturated carbocycles. The number of piperidine rings is 1. The predicted molar refractivity (Wildman–Crippen MR) is 79.7 cm³/mol. The zero-order valence-corrected chi connectivity index (χ0v) is 13.0. The Kier molecular flexibility index (Phi) is 4.81. The molecule has 0 aliphatic carbocycles. The molecule has 2 atom stereocenters. The molecule has 1 aromatic rings. The highest BCUT2D eigenvalue weighted by atomic mass is 16.2. The van der Waals surface area contributed by atoms with E-state index in [0.29, 0.717) is 12.0 Å². The molecule has 0 bridgehead atoms. The molecular weight excluding hydrogens is 252 g/mol. The summed E-state index contributed by atoms with van der Waals surface area (Å²) < 4.78 is 1.76. The van der Waals surface area contributed by atoms with Crippen LogP contribution in [0.2, 0.25) is 0 Å². The van der Waals surface area contributed by atoms with Gasteiger partial charge in [0.25, 0.3) is 5.91 Å². The number of carbonyl (C=O) groups excluding carboxylic acids is 1. The molecule has 2 unspecified atom stereocenters. The smallest absolute Gasteiger partial charge is 0.257 e. The second kappa shape index (κ2) is 6.39. The Labute approximate surface area is 121 Å². The molecule has 2 rings (SSSR count). The van der Waals surface area contributed by atoms with Crippen molar-refractivity contribution in [1.29, 1.82) is 0 Å². The highest BCUT2D eigenvalue weighted by Gasteiger charge is 2.29. The lowest BCUT2D eigenvalue weighted by Crippen LogP contribution is -2.50. The van der Waals surface area contributed by atoms with Gasteiger partial charge in [-0.05, 0) is 32.2 Å². The molecule has 0 aromatic carbocycles. The van der Waals surface area contributed by atoms with Crippen LogP contribution in [0.25, 0.3) is 0 Å². The van der Waals surface area contributed by atoms with Crippen molar-refractivity contribution in [3.05, 3.63) is 17.5 Å². The minimum Gasteiger partial charge on any atom is -0.338 e. The van der Waals surface area contributed by atoms with E-state index in [1.807, 2.05) is 18.9 Å². The van der Waals surface area contributed by atoms with E-state index < -0.39 is 0 Å². The van der Waals surface area contributed by atoms with Crippen molar-refractivity contribution in [3.63, 3.8) is 0 Å². The van der Waals surface area contributed by atoms with Crippen LogP contribution in [0.1, 0.15) is 42.7 Å². The number of hydrogen-bond donors (Lipinski definition) is 1. The Morgan fingerprint density at radius 2 is 2.30 bits per heavy atom. The van der Waals surface area contributed by atoms with E-state index in [-0.39, 0.29) is 5.91 Å². The van der Waals surface area contributed by atoms with Crippen LogP contribution in [-0.2, 0) is 7.05 Å². The Balaban J connectivity index is 1.98. The third-order valence-corrected chi connectivity index (χ3v) is 4.31. The summed E-state index contributed by atoms with van der Waals surface area (Å²) in [5.74, 6) is 0.618. The Morgan fingerprint density at radius 1 is 1.55 bits per heavy atom. The molecule has 20 heavy (non-hydrogen) atoms. The van der Waals surface area contributed by atoms with Gasteiger partial charge in [0.15, 0.2) is 0 Å². The van der Waals surface area contributed by atoms with Gasteiger partial charge in [0.05, 0.1) is 11.8 Å². The predicted octanol–water partition coefficient (Wildman–Crippen LogP) is 1.58. The first-order chi connectivity index (χ1) is 9.54. The maximum absolute atomic E-state index is 12.6. The van der Waals surface area contributed by atoms with Crippen molar-refractivity contribution < 1.29 is 4.79 Å². The summed E-state index contributed by atoms with van der Waals surface area (Å²) in [5.41, 5.74) is 1.67. The fourth-order valence-corrected chi connectivity index (χ4v) is 2.84. The van der Waals surface area contributed by atoms with Gasteiger partial charge < -0.3 is 10.2 Å². The van der Waals surface area contributed by atoms with Gasteiger partial charge in [0.1, 0.15) is 0 Å². The highest BCUT2D eigenvalue weighted by molar-refractivity contribution is 5.95. The number of amides is 1. The first kappa shape index (κ1) is 15.0. The van der Waals surface area contributed by atoms with Crippen molar-refractivity contribution in [1.82, 2.24) is 20.0 Å². The van der Waals surface area contributed by atoms with E-state index >= 15 is 0 Å². The zero-order valence-electron chi connectivity index (χ0n) is 13.0. The fourth-order valence-electron chi connectivity index (χ4n) is 2.84. The lowest BCUT2D eigenvalue weighted by atomic mass is 9.93. The van der Waals surface area contributed by atoms with Gasteiger partial charge >= 0.3 is 0 Å². The first-order valence-corrected chi connectivity index (χ1v) is 7.55. The van der Waals surface area contributed by atoms with Gasteiger partial charge in [-0.15, -0.1) is 0 Å². The number of nitrogens with one attached hydrogen (secondary N) is 1. The van der Waals surface area contributed by atoms with E-state index in [1.165, 1.54) is 0 Å². The largest absolute Gasteiger partial charge is 0.338 e. The van der Waals surface area contributed by atoms with E-state index in [0.717, 1.165) is 43.7 Å². The summed E-state index contributed by atoms with van der Waals surface area (Å²) >= 11 is 0. The maximum atomic E-state index is 12.6. The monoisotopic (exact) mass is 278 g/mol. The molecule has 1 fully saturated rings. The molecule has 1 saturated heterocycles. The van der Waals surface area contributed by atoms with E-state index in [2.05, 4.69) is 24.3 Å². The highest BCUT2D eigenvalue weighted by Crippen LogP contribution is 2.20. The summed E-state index contributed by atoms with van der Waals surface area (Å²) in [5, 5.41) is 7.74. The molecule has 2 heterocycles. The van der Waals surface area contributed by atoms with Crippen molar-refractivity contribution >= 4 is 5.91 Å². The second-order valence-electron chi connectivity index (χ2n) is 5.85. The number of hydrogen-bond acceptors (Lipinski definition) is 3. The van der Waals surface area contributed by atoms with Gasteiger partial charge in [0.2, 0.25) is 0 Å². The molecule has 1 aliphatic rings. The maximum Gasteiger partial charge on any atom is 0.257 e. The minimum absolute atomic E-state index is 0.122. The molecule has 0 radical (unpaired) electrons. The third kappa shape index (κ3) is 3.03. The quantitative estimate of drug-likeness (QED) is 0.909. The molecule has 1 aromatic heterocycles. The molecule has 112 valence electrons. The minimum atomic E-state index is 0.122. The fraction of sp³-hybridized carbons (Fsp3) is 0.733. The lowest BCUT2D eigenvalue weighted by Gasteiger charge is -2.37. The van der Waals surface area contributed by atoms with Crippen LogP contribution in [-0.4, -0.2) is 46.3 Å². The van der Waals surface area contributed by atoms with Gasteiger partial charge in [-0.1, -0.05) is 13.8 Å². The van der Waals surface area contributed by atoms with E-state index in [4.69, 9.17) is 0 Å². The Bertz CT molecular complexity index is 468. The summed E-state index contributed by atoms with van der Waals surface area (Å²) in [4.78, 5) is 14.5. The molecule has 1 aliphatic heterocycles. The van der Waals surface area contributed by atoms with Crippen LogP contribution < -0.4 is 5.32 Å². The van der Waals surface area contributed by atoms with Crippen LogP contribution in [0.4, 0.5) is 0 Å². The average molecular weight is 278 g/mol. The average Bonchev–Trinajstić information content (AvgIpc) is 2.77.